The predicted octanol–water partition coefficient (Wildman–Crippen LogP) is 4.81. The summed E-state index contributed by atoms with van der Waals surface area (Å²) in [5, 5.41) is 3.35. The van der Waals surface area contributed by atoms with Crippen LogP contribution in [0.15, 0.2) is 71.6 Å². The monoisotopic (exact) mass is 432 g/mol. The second-order valence-electron chi connectivity index (χ2n) is 6.20. The molecule has 3 aromatic rings. The van der Waals surface area contributed by atoms with Crippen LogP contribution in [0, 0.1) is 0 Å². The van der Waals surface area contributed by atoms with Gasteiger partial charge in [-0.15, -0.1) is 0 Å². The summed E-state index contributed by atoms with van der Waals surface area (Å²) in [5.41, 5.74) is 2.14. The van der Waals surface area contributed by atoms with Crippen LogP contribution in [0.2, 0.25) is 10.0 Å². The summed E-state index contributed by atoms with van der Waals surface area (Å²) in [5.74, 6) is -0.526. The van der Waals surface area contributed by atoms with Crippen LogP contribution in [0.25, 0.3) is 11.1 Å². The second-order valence-corrected chi connectivity index (χ2v) is 8.87. The van der Waals surface area contributed by atoms with E-state index in [0.717, 1.165) is 9.87 Å². The third kappa shape index (κ3) is 3.24. The van der Waals surface area contributed by atoms with Crippen molar-refractivity contribution in [2.75, 3.05) is 16.2 Å². The molecule has 0 bridgehead atoms. The first-order chi connectivity index (χ1) is 13.4. The van der Waals surface area contributed by atoms with Gasteiger partial charge in [-0.1, -0.05) is 59.6 Å². The number of benzene rings is 3. The molecule has 0 radical (unpaired) electrons. The molecule has 0 unspecified atom stereocenters. The molecule has 1 amide bonds. The zero-order valence-corrected chi connectivity index (χ0v) is 16.7. The van der Waals surface area contributed by atoms with Crippen LogP contribution in [-0.4, -0.2) is 20.9 Å². The van der Waals surface area contributed by atoms with Gasteiger partial charge in [0.1, 0.15) is 6.54 Å². The first-order valence-electron chi connectivity index (χ1n) is 8.34. The van der Waals surface area contributed by atoms with Crippen LogP contribution in [-0.2, 0) is 14.8 Å². The fourth-order valence-corrected chi connectivity index (χ4v) is 5.15. The van der Waals surface area contributed by atoms with E-state index >= 15 is 0 Å². The molecule has 3 aromatic carbocycles. The largest absolute Gasteiger partial charge is 0.323 e. The van der Waals surface area contributed by atoms with Gasteiger partial charge < -0.3 is 5.32 Å². The van der Waals surface area contributed by atoms with E-state index in [4.69, 9.17) is 23.2 Å². The molecular weight excluding hydrogens is 419 g/mol. The molecule has 5 nitrogen and oxygen atoms in total. The molecule has 0 fully saturated rings. The topological polar surface area (TPSA) is 66.5 Å². The lowest BCUT2D eigenvalue weighted by molar-refractivity contribution is -0.114. The van der Waals surface area contributed by atoms with Crippen molar-refractivity contribution < 1.29 is 13.2 Å². The van der Waals surface area contributed by atoms with E-state index in [1.807, 2.05) is 12.1 Å². The lowest BCUT2D eigenvalue weighted by atomic mass is 10.0. The number of amides is 1. The molecule has 0 atom stereocenters. The quantitative estimate of drug-likeness (QED) is 0.645. The van der Waals surface area contributed by atoms with Crippen molar-refractivity contribution in [3.8, 4) is 11.1 Å². The van der Waals surface area contributed by atoms with Crippen molar-refractivity contribution in [1.82, 2.24) is 0 Å². The molecule has 0 saturated heterocycles. The van der Waals surface area contributed by atoms with Gasteiger partial charge in [0.15, 0.2) is 0 Å². The minimum absolute atomic E-state index is 0.169. The average Bonchev–Trinajstić information content (AvgIpc) is 2.68. The number of nitrogens with one attached hydrogen (secondary N) is 1. The SMILES string of the molecule is O=C(CN1c2ccccc2-c2ccccc2S1(=O)=O)Nc1cc(Cl)ccc1Cl. The Balaban J connectivity index is 1.71. The molecule has 0 spiro atoms. The highest BCUT2D eigenvalue weighted by Gasteiger charge is 2.35. The number of carbonyl (C=O) groups is 1. The number of halogens is 2. The van der Waals surface area contributed by atoms with Crippen molar-refractivity contribution >= 4 is 50.5 Å². The summed E-state index contributed by atoms with van der Waals surface area (Å²) in [4.78, 5) is 12.8. The minimum Gasteiger partial charge on any atom is -0.323 e. The van der Waals surface area contributed by atoms with E-state index < -0.39 is 22.5 Å². The molecule has 1 heterocycles. The first kappa shape index (κ1) is 18.8. The maximum atomic E-state index is 13.2. The number of hydrogen-bond acceptors (Lipinski definition) is 3. The molecule has 0 aromatic heterocycles. The number of rotatable bonds is 3. The Hall–Kier alpha value is -2.54. The Bertz CT molecular complexity index is 1200. The molecule has 1 aliphatic heterocycles. The number of fused-ring (bicyclic) bond motifs is 3. The van der Waals surface area contributed by atoms with Crippen molar-refractivity contribution in [3.63, 3.8) is 0 Å². The lowest BCUT2D eigenvalue weighted by Crippen LogP contribution is -2.40. The Labute approximate surface area is 172 Å². The summed E-state index contributed by atoms with van der Waals surface area (Å²) < 4.78 is 27.5. The van der Waals surface area contributed by atoms with Gasteiger partial charge in [0.05, 0.1) is 21.3 Å². The fraction of sp³-hybridized carbons (Fsp3) is 0.0500. The van der Waals surface area contributed by atoms with Gasteiger partial charge in [0, 0.05) is 16.1 Å². The summed E-state index contributed by atoms with van der Waals surface area (Å²) >= 11 is 12.0. The fourth-order valence-electron chi connectivity index (χ4n) is 3.16. The highest BCUT2D eigenvalue weighted by Crippen LogP contribution is 2.42. The molecule has 0 saturated carbocycles. The molecule has 1 aliphatic rings. The number of nitrogens with zero attached hydrogens (tertiary/aromatic N) is 1. The summed E-state index contributed by atoms with van der Waals surface area (Å²) in [6.07, 6.45) is 0. The molecule has 142 valence electrons. The van der Waals surface area contributed by atoms with Gasteiger partial charge in [0.2, 0.25) is 5.91 Å². The van der Waals surface area contributed by atoms with Crippen molar-refractivity contribution in [2.45, 2.75) is 4.90 Å². The standard InChI is InChI=1S/C20H14Cl2N2O3S/c21-13-9-10-16(22)17(11-13)23-20(25)12-24-18-7-3-1-5-14(18)15-6-2-4-8-19(15)28(24,26)27/h1-11H,12H2,(H,23,25). The van der Waals surface area contributed by atoms with Gasteiger partial charge >= 0.3 is 0 Å². The average molecular weight is 433 g/mol. The van der Waals surface area contributed by atoms with Crippen LogP contribution in [0.4, 0.5) is 11.4 Å². The predicted molar refractivity (Wildman–Crippen MR) is 112 cm³/mol. The van der Waals surface area contributed by atoms with Gasteiger partial charge in [-0.3, -0.25) is 9.10 Å². The smallest absolute Gasteiger partial charge is 0.265 e. The van der Waals surface area contributed by atoms with Gasteiger partial charge in [-0.25, -0.2) is 8.42 Å². The van der Waals surface area contributed by atoms with E-state index in [-0.39, 0.29) is 4.90 Å². The summed E-state index contributed by atoms with van der Waals surface area (Å²) in [7, 11) is -3.89. The number of para-hydroxylation sites is 1. The molecule has 4 rings (SSSR count). The molecule has 8 heteroatoms. The Morgan fingerprint density at radius 3 is 2.39 bits per heavy atom. The minimum atomic E-state index is -3.89. The third-order valence-electron chi connectivity index (χ3n) is 4.41. The van der Waals surface area contributed by atoms with Gasteiger partial charge in [-0.05, 0) is 30.3 Å². The van der Waals surface area contributed by atoms with Gasteiger partial charge in [-0.2, -0.15) is 0 Å². The number of sulfonamides is 1. The van der Waals surface area contributed by atoms with Crippen LogP contribution in [0.1, 0.15) is 0 Å². The van der Waals surface area contributed by atoms with Crippen LogP contribution < -0.4 is 9.62 Å². The molecular formula is C20H14Cl2N2O3S. The van der Waals surface area contributed by atoms with E-state index in [0.29, 0.717) is 27.0 Å². The van der Waals surface area contributed by atoms with Gasteiger partial charge in [0.25, 0.3) is 10.0 Å². The Morgan fingerprint density at radius 2 is 1.61 bits per heavy atom. The molecule has 28 heavy (non-hydrogen) atoms. The Kier molecular flexibility index (Phi) is 4.79. The van der Waals surface area contributed by atoms with E-state index in [1.165, 1.54) is 6.07 Å². The first-order valence-corrected chi connectivity index (χ1v) is 10.5. The van der Waals surface area contributed by atoms with E-state index in [9.17, 15) is 13.2 Å². The number of hydrogen-bond donors (Lipinski definition) is 1. The van der Waals surface area contributed by atoms with Crippen molar-refractivity contribution in [3.05, 3.63) is 76.8 Å². The van der Waals surface area contributed by atoms with E-state index in [2.05, 4.69) is 5.32 Å². The number of carbonyl (C=O) groups excluding carboxylic acids is 1. The van der Waals surface area contributed by atoms with Crippen molar-refractivity contribution in [1.29, 1.82) is 0 Å². The van der Waals surface area contributed by atoms with Crippen LogP contribution in [0.3, 0.4) is 0 Å². The zero-order valence-electron chi connectivity index (χ0n) is 14.4. The van der Waals surface area contributed by atoms with Crippen molar-refractivity contribution in [2.24, 2.45) is 0 Å². The summed E-state index contributed by atoms with van der Waals surface area (Å²) in [6, 6.07) is 18.5. The van der Waals surface area contributed by atoms with Crippen LogP contribution in [0.5, 0.6) is 0 Å². The maximum absolute atomic E-state index is 13.2. The highest BCUT2D eigenvalue weighted by atomic mass is 35.5. The number of anilines is 2. The highest BCUT2D eigenvalue weighted by molar-refractivity contribution is 7.93. The summed E-state index contributed by atoms with van der Waals surface area (Å²) in [6.45, 7) is -0.392. The van der Waals surface area contributed by atoms with E-state index in [1.54, 1.807) is 48.5 Å². The third-order valence-corrected chi connectivity index (χ3v) is 6.79. The van der Waals surface area contributed by atoms with Crippen LogP contribution >= 0.6 is 23.2 Å². The second kappa shape index (κ2) is 7.13. The zero-order chi connectivity index (χ0) is 19.9. The maximum Gasteiger partial charge on any atom is 0.265 e. The normalized spacial score (nSPS) is 14.1. The Morgan fingerprint density at radius 1 is 0.929 bits per heavy atom. The molecule has 0 aliphatic carbocycles. The lowest BCUT2D eigenvalue weighted by Gasteiger charge is -2.31. The molecule has 1 N–H and O–H groups in total.